The third-order valence-corrected chi connectivity index (χ3v) is 4.65. The Morgan fingerprint density at radius 3 is 2.67 bits per heavy atom. The smallest absolute Gasteiger partial charge is 0.257 e. The van der Waals surface area contributed by atoms with Crippen LogP contribution in [0, 0.1) is 0 Å². The van der Waals surface area contributed by atoms with Gasteiger partial charge in [-0.3, -0.25) is 4.98 Å². The van der Waals surface area contributed by atoms with E-state index in [1.807, 2.05) is 24.3 Å². The van der Waals surface area contributed by atoms with Crippen LogP contribution in [0.15, 0.2) is 42.9 Å². The lowest BCUT2D eigenvalue weighted by Gasteiger charge is -2.28. The summed E-state index contributed by atoms with van der Waals surface area (Å²) in [5.74, 6) is 1.99. The van der Waals surface area contributed by atoms with Crippen LogP contribution in [0.25, 0.3) is 10.9 Å². The fourth-order valence-corrected chi connectivity index (χ4v) is 3.25. The van der Waals surface area contributed by atoms with E-state index in [2.05, 4.69) is 25.2 Å². The molecule has 140 valence electrons. The molecule has 0 radical (unpaired) electrons. The summed E-state index contributed by atoms with van der Waals surface area (Å²) in [6.07, 6.45) is 5.05. The second-order valence-electron chi connectivity index (χ2n) is 6.06. The first-order chi connectivity index (χ1) is 13.3. The standard InChI is InChI=1S/C19H20ClN5O2/c20-15-3-4-16(17-14(15)2-1-5-22-17)26-12-13-27-19-18(23-6-7-24-19)25-10-8-21-9-11-25/h1-7,21H,8-13H2. The van der Waals surface area contributed by atoms with Crippen LogP contribution >= 0.6 is 11.6 Å². The molecule has 1 fully saturated rings. The number of nitrogens with zero attached hydrogens (tertiary/aromatic N) is 4. The molecule has 2 aromatic heterocycles. The summed E-state index contributed by atoms with van der Waals surface area (Å²) >= 11 is 6.22. The quantitative estimate of drug-likeness (QED) is 0.653. The number of fused-ring (bicyclic) bond motifs is 1. The number of aromatic nitrogens is 3. The Morgan fingerprint density at radius 2 is 1.78 bits per heavy atom. The van der Waals surface area contributed by atoms with E-state index in [0.717, 1.165) is 42.9 Å². The lowest BCUT2D eigenvalue weighted by atomic mass is 10.2. The van der Waals surface area contributed by atoms with E-state index in [4.69, 9.17) is 21.1 Å². The van der Waals surface area contributed by atoms with Crippen molar-refractivity contribution >= 4 is 28.3 Å². The first-order valence-electron chi connectivity index (χ1n) is 8.88. The van der Waals surface area contributed by atoms with Crippen LogP contribution in [-0.2, 0) is 0 Å². The van der Waals surface area contributed by atoms with Gasteiger partial charge in [0.15, 0.2) is 5.82 Å². The highest BCUT2D eigenvalue weighted by molar-refractivity contribution is 6.35. The first-order valence-corrected chi connectivity index (χ1v) is 9.26. The van der Waals surface area contributed by atoms with E-state index in [-0.39, 0.29) is 0 Å². The molecule has 1 aromatic carbocycles. The summed E-state index contributed by atoms with van der Waals surface area (Å²) in [6.45, 7) is 4.34. The SMILES string of the molecule is Clc1ccc(OCCOc2nccnc2N2CCNCC2)c2ncccc12. The number of hydrogen-bond acceptors (Lipinski definition) is 7. The van der Waals surface area contributed by atoms with Crippen molar-refractivity contribution in [2.24, 2.45) is 0 Å². The van der Waals surface area contributed by atoms with E-state index in [1.165, 1.54) is 0 Å². The third kappa shape index (κ3) is 4.04. The molecule has 7 nitrogen and oxygen atoms in total. The van der Waals surface area contributed by atoms with Gasteiger partial charge in [-0.25, -0.2) is 9.97 Å². The molecule has 0 saturated carbocycles. The van der Waals surface area contributed by atoms with Crippen LogP contribution in [0.2, 0.25) is 5.02 Å². The molecule has 1 N–H and O–H groups in total. The molecular formula is C19H20ClN5O2. The third-order valence-electron chi connectivity index (χ3n) is 4.32. The van der Waals surface area contributed by atoms with E-state index in [1.54, 1.807) is 18.6 Å². The predicted octanol–water partition coefficient (Wildman–Crippen LogP) is 2.55. The van der Waals surface area contributed by atoms with Gasteiger partial charge < -0.3 is 19.7 Å². The summed E-state index contributed by atoms with van der Waals surface area (Å²) in [6, 6.07) is 7.42. The Hall–Kier alpha value is -2.64. The number of ether oxygens (including phenoxy) is 2. The van der Waals surface area contributed by atoms with E-state index in [0.29, 0.717) is 29.9 Å². The van der Waals surface area contributed by atoms with Gasteiger partial charge in [-0.1, -0.05) is 11.6 Å². The molecule has 1 aliphatic rings. The second kappa shape index (κ2) is 8.37. The number of piperazine rings is 1. The van der Waals surface area contributed by atoms with Crippen LogP contribution in [0.1, 0.15) is 0 Å². The fraction of sp³-hybridized carbons (Fsp3) is 0.316. The zero-order chi connectivity index (χ0) is 18.5. The molecule has 1 saturated heterocycles. The predicted molar refractivity (Wildman–Crippen MR) is 105 cm³/mol. The summed E-state index contributed by atoms with van der Waals surface area (Å²) < 4.78 is 11.7. The van der Waals surface area contributed by atoms with E-state index < -0.39 is 0 Å². The molecule has 3 heterocycles. The Balaban J connectivity index is 1.39. The van der Waals surface area contributed by atoms with Crippen LogP contribution < -0.4 is 19.7 Å². The molecule has 0 bridgehead atoms. The number of hydrogen-bond donors (Lipinski definition) is 1. The molecule has 27 heavy (non-hydrogen) atoms. The number of halogens is 1. The first kappa shape index (κ1) is 17.8. The lowest BCUT2D eigenvalue weighted by molar-refractivity contribution is 0.213. The van der Waals surface area contributed by atoms with Gasteiger partial charge in [0.1, 0.15) is 24.5 Å². The number of pyridine rings is 1. The van der Waals surface area contributed by atoms with Crippen molar-refractivity contribution in [1.29, 1.82) is 0 Å². The molecule has 0 aliphatic carbocycles. The van der Waals surface area contributed by atoms with Crippen LogP contribution in [-0.4, -0.2) is 54.3 Å². The topological polar surface area (TPSA) is 72.4 Å². The molecule has 1 aliphatic heterocycles. The van der Waals surface area contributed by atoms with Gasteiger partial charge in [0.05, 0.1) is 5.02 Å². The van der Waals surface area contributed by atoms with Gasteiger partial charge in [0.2, 0.25) is 0 Å². The van der Waals surface area contributed by atoms with Crippen molar-refractivity contribution in [1.82, 2.24) is 20.3 Å². The average molecular weight is 386 g/mol. The largest absolute Gasteiger partial charge is 0.488 e. The van der Waals surface area contributed by atoms with E-state index in [9.17, 15) is 0 Å². The minimum Gasteiger partial charge on any atom is -0.488 e. The van der Waals surface area contributed by atoms with Gasteiger partial charge in [0.25, 0.3) is 5.88 Å². The van der Waals surface area contributed by atoms with Crippen LogP contribution in [0.5, 0.6) is 11.6 Å². The lowest BCUT2D eigenvalue weighted by Crippen LogP contribution is -2.44. The maximum Gasteiger partial charge on any atom is 0.257 e. The van der Waals surface area contributed by atoms with Gasteiger partial charge in [-0.2, -0.15) is 0 Å². The number of nitrogens with one attached hydrogen (secondary N) is 1. The van der Waals surface area contributed by atoms with E-state index >= 15 is 0 Å². The summed E-state index contributed by atoms with van der Waals surface area (Å²) in [4.78, 5) is 15.3. The number of anilines is 1. The van der Waals surface area contributed by atoms with Gasteiger partial charge >= 0.3 is 0 Å². The van der Waals surface area contributed by atoms with Crippen LogP contribution in [0.3, 0.4) is 0 Å². The molecule has 4 rings (SSSR count). The normalized spacial score (nSPS) is 14.3. The van der Waals surface area contributed by atoms with Crippen molar-refractivity contribution in [2.75, 3.05) is 44.3 Å². The molecule has 0 spiro atoms. The molecule has 0 unspecified atom stereocenters. The average Bonchev–Trinajstić information content (AvgIpc) is 2.74. The summed E-state index contributed by atoms with van der Waals surface area (Å²) in [5.41, 5.74) is 0.742. The highest BCUT2D eigenvalue weighted by Crippen LogP contribution is 2.29. The second-order valence-corrected chi connectivity index (χ2v) is 6.47. The van der Waals surface area contributed by atoms with Crippen molar-refractivity contribution in [2.45, 2.75) is 0 Å². The van der Waals surface area contributed by atoms with Crippen LogP contribution in [0.4, 0.5) is 5.82 Å². The van der Waals surface area contributed by atoms with Crippen molar-refractivity contribution in [3.8, 4) is 11.6 Å². The highest BCUT2D eigenvalue weighted by Gasteiger charge is 2.17. The van der Waals surface area contributed by atoms with Gasteiger partial charge in [0, 0.05) is 50.2 Å². The minimum absolute atomic E-state index is 0.356. The molecule has 3 aromatic rings. The number of benzene rings is 1. The van der Waals surface area contributed by atoms with Crippen molar-refractivity contribution in [3.05, 3.63) is 47.9 Å². The Morgan fingerprint density at radius 1 is 0.963 bits per heavy atom. The Labute approximate surface area is 162 Å². The van der Waals surface area contributed by atoms with Crippen molar-refractivity contribution in [3.63, 3.8) is 0 Å². The Kier molecular flexibility index (Phi) is 5.50. The minimum atomic E-state index is 0.356. The number of rotatable bonds is 6. The summed E-state index contributed by atoms with van der Waals surface area (Å²) in [5, 5.41) is 4.85. The zero-order valence-electron chi connectivity index (χ0n) is 14.8. The zero-order valence-corrected chi connectivity index (χ0v) is 15.5. The molecule has 0 atom stereocenters. The molecule has 8 heteroatoms. The monoisotopic (exact) mass is 385 g/mol. The van der Waals surface area contributed by atoms with Gasteiger partial charge in [-0.15, -0.1) is 0 Å². The summed E-state index contributed by atoms with van der Waals surface area (Å²) in [7, 11) is 0. The maximum atomic E-state index is 6.22. The Bertz CT molecular complexity index is 917. The fourth-order valence-electron chi connectivity index (χ4n) is 3.03. The van der Waals surface area contributed by atoms with Crippen molar-refractivity contribution < 1.29 is 9.47 Å². The maximum absolute atomic E-state index is 6.22. The molecule has 0 amide bonds. The highest BCUT2D eigenvalue weighted by atomic mass is 35.5. The molecular weight excluding hydrogens is 366 g/mol. The van der Waals surface area contributed by atoms with Gasteiger partial charge in [-0.05, 0) is 24.3 Å².